The zero-order chi connectivity index (χ0) is 19.6. The topological polar surface area (TPSA) is 57.5 Å². The molecule has 3 heteroatoms. The van der Waals surface area contributed by atoms with Gasteiger partial charge in [0.25, 0.3) is 0 Å². The van der Waals surface area contributed by atoms with Gasteiger partial charge in [-0.15, -0.1) is 0 Å². The largest absolute Gasteiger partial charge is 0.390 e. The first kappa shape index (κ1) is 22.6. The molecule has 0 fully saturated rings. The van der Waals surface area contributed by atoms with Crippen LogP contribution in [0.25, 0.3) is 6.08 Å². The Kier molecular flexibility index (Phi) is 9.82. The molecule has 26 heavy (non-hydrogen) atoms. The number of benzene rings is 1. The molecule has 3 nitrogen and oxygen atoms in total. The molecule has 0 unspecified atom stereocenters. The van der Waals surface area contributed by atoms with Crippen LogP contribution in [0.4, 0.5) is 0 Å². The van der Waals surface area contributed by atoms with Gasteiger partial charge in [-0.2, -0.15) is 0 Å². The van der Waals surface area contributed by atoms with Crippen LogP contribution >= 0.6 is 0 Å². The average molecular weight is 361 g/mol. The first-order chi connectivity index (χ1) is 12.3. The van der Waals surface area contributed by atoms with Crippen molar-refractivity contribution in [1.29, 1.82) is 0 Å². The van der Waals surface area contributed by atoms with Gasteiger partial charge in [-0.05, 0) is 42.7 Å². The molecule has 0 saturated carbocycles. The van der Waals surface area contributed by atoms with Crippen LogP contribution in [0.5, 0.6) is 0 Å². The third-order valence-corrected chi connectivity index (χ3v) is 4.99. The van der Waals surface area contributed by atoms with Crippen molar-refractivity contribution in [2.75, 3.05) is 0 Å². The highest BCUT2D eigenvalue weighted by Gasteiger charge is 2.22. The second kappa shape index (κ2) is 11.3. The summed E-state index contributed by atoms with van der Waals surface area (Å²) < 4.78 is 0. The Balaban J connectivity index is 2.77. The van der Waals surface area contributed by atoms with Crippen LogP contribution in [0.2, 0.25) is 0 Å². The van der Waals surface area contributed by atoms with Gasteiger partial charge in [0.2, 0.25) is 0 Å². The summed E-state index contributed by atoms with van der Waals surface area (Å²) in [5, 5.41) is 20.3. The molecule has 1 aromatic rings. The maximum atomic E-state index is 11.0. The minimum atomic E-state index is -0.918. The molecule has 0 spiro atoms. The molecule has 0 amide bonds. The monoisotopic (exact) mass is 360 g/mol. The lowest BCUT2D eigenvalue weighted by Gasteiger charge is -2.27. The predicted molar refractivity (Wildman–Crippen MR) is 109 cm³/mol. The van der Waals surface area contributed by atoms with Crippen LogP contribution in [0.15, 0.2) is 30.3 Å². The van der Waals surface area contributed by atoms with Gasteiger partial charge in [0.1, 0.15) is 5.78 Å². The van der Waals surface area contributed by atoms with E-state index in [9.17, 15) is 15.0 Å². The summed E-state index contributed by atoms with van der Waals surface area (Å²) in [5.41, 5.74) is 2.43. The van der Waals surface area contributed by atoms with E-state index in [2.05, 4.69) is 39.0 Å². The summed E-state index contributed by atoms with van der Waals surface area (Å²) >= 11 is 0. The number of Topliss-reactive ketones (excluding diaryl/α,β-unsaturated/α-hetero) is 1. The maximum absolute atomic E-state index is 11.0. The van der Waals surface area contributed by atoms with E-state index in [1.807, 2.05) is 12.1 Å². The first-order valence-electron chi connectivity index (χ1n) is 9.91. The summed E-state index contributed by atoms with van der Waals surface area (Å²) in [6.45, 7) is 8.29. The minimum Gasteiger partial charge on any atom is -0.390 e. The zero-order valence-corrected chi connectivity index (χ0v) is 16.9. The smallest absolute Gasteiger partial charge is 0.129 e. The molecule has 0 bridgehead atoms. The molecular weight excluding hydrogens is 324 g/mol. The van der Waals surface area contributed by atoms with E-state index in [1.54, 1.807) is 13.0 Å². The Morgan fingerprint density at radius 1 is 1.15 bits per heavy atom. The van der Waals surface area contributed by atoms with Crippen LogP contribution in [-0.4, -0.2) is 28.2 Å². The molecule has 0 heterocycles. The number of hydrogen-bond donors (Lipinski definition) is 2. The van der Waals surface area contributed by atoms with Gasteiger partial charge in [0, 0.05) is 6.42 Å². The highest BCUT2D eigenvalue weighted by atomic mass is 16.3. The molecular formula is C23H36O3. The molecule has 1 aromatic carbocycles. The lowest BCUT2D eigenvalue weighted by molar-refractivity contribution is -0.117. The fourth-order valence-corrected chi connectivity index (χ4v) is 3.27. The highest BCUT2D eigenvalue weighted by Crippen LogP contribution is 2.32. The van der Waals surface area contributed by atoms with Gasteiger partial charge in [0.15, 0.2) is 0 Å². The second-order valence-corrected chi connectivity index (χ2v) is 7.94. The summed E-state index contributed by atoms with van der Waals surface area (Å²) in [5.74, 6) is 0.112. The number of rotatable bonds is 12. The van der Waals surface area contributed by atoms with Crippen LogP contribution < -0.4 is 0 Å². The van der Waals surface area contributed by atoms with Crippen molar-refractivity contribution in [3.8, 4) is 0 Å². The number of aliphatic hydroxyl groups excluding tert-OH is 2. The van der Waals surface area contributed by atoms with Crippen molar-refractivity contribution < 1.29 is 15.0 Å². The van der Waals surface area contributed by atoms with Gasteiger partial charge in [-0.3, -0.25) is 0 Å². The van der Waals surface area contributed by atoms with E-state index in [-0.39, 0.29) is 11.2 Å². The summed E-state index contributed by atoms with van der Waals surface area (Å²) in [6, 6.07) is 8.27. The van der Waals surface area contributed by atoms with E-state index in [1.165, 1.54) is 24.8 Å². The quantitative estimate of drug-likeness (QED) is 0.513. The van der Waals surface area contributed by atoms with Crippen LogP contribution in [0.3, 0.4) is 0 Å². The molecule has 1 rings (SSSR count). The Hall–Kier alpha value is -1.45. The molecule has 2 N–H and O–H groups in total. The van der Waals surface area contributed by atoms with E-state index in [4.69, 9.17) is 0 Å². The standard InChI is InChI=1S/C23H36O3/c1-5-6-9-17-23(3,4)20-13-8-7-12-19(20)15-16-22(26)21(25)14-10-11-18(2)24/h7-8,12-13,15-16,21-22,25-26H,5-6,9-11,14,17H2,1-4H3/b16-15+/t21-,22+/m0/s1. The van der Waals surface area contributed by atoms with Crippen molar-refractivity contribution in [2.45, 2.75) is 90.3 Å². The maximum Gasteiger partial charge on any atom is 0.129 e. The van der Waals surface area contributed by atoms with Crippen LogP contribution in [0.1, 0.15) is 83.8 Å². The van der Waals surface area contributed by atoms with Crippen molar-refractivity contribution in [3.05, 3.63) is 41.5 Å². The Morgan fingerprint density at radius 2 is 1.85 bits per heavy atom. The summed E-state index contributed by atoms with van der Waals surface area (Å²) in [4.78, 5) is 11.0. The van der Waals surface area contributed by atoms with Gasteiger partial charge < -0.3 is 15.0 Å². The van der Waals surface area contributed by atoms with Crippen molar-refractivity contribution in [3.63, 3.8) is 0 Å². The molecule has 0 aromatic heterocycles. The Labute approximate surface area is 159 Å². The normalized spacial score (nSPS) is 14.5. The fraction of sp³-hybridized carbons (Fsp3) is 0.609. The Bertz CT molecular complexity index is 575. The highest BCUT2D eigenvalue weighted by molar-refractivity contribution is 5.75. The van der Waals surface area contributed by atoms with E-state index in [0.717, 1.165) is 12.0 Å². The van der Waals surface area contributed by atoms with Crippen molar-refractivity contribution >= 4 is 11.9 Å². The SMILES string of the molecule is CCCCCC(C)(C)c1ccccc1/C=C/[C@@H](O)[C@@H](O)CCCC(C)=O. The van der Waals surface area contributed by atoms with Gasteiger partial charge in [0.05, 0.1) is 12.2 Å². The minimum absolute atomic E-state index is 0.0706. The van der Waals surface area contributed by atoms with E-state index < -0.39 is 12.2 Å². The van der Waals surface area contributed by atoms with Gasteiger partial charge >= 0.3 is 0 Å². The number of hydrogen-bond acceptors (Lipinski definition) is 3. The molecule has 0 aliphatic carbocycles. The van der Waals surface area contributed by atoms with Gasteiger partial charge in [-0.1, -0.05) is 76.5 Å². The number of unbranched alkanes of at least 4 members (excludes halogenated alkanes) is 2. The van der Waals surface area contributed by atoms with E-state index >= 15 is 0 Å². The van der Waals surface area contributed by atoms with Crippen LogP contribution in [-0.2, 0) is 10.2 Å². The van der Waals surface area contributed by atoms with Crippen molar-refractivity contribution in [2.24, 2.45) is 0 Å². The average Bonchev–Trinajstić information content (AvgIpc) is 2.59. The lowest BCUT2D eigenvalue weighted by atomic mass is 9.77. The lowest BCUT2D eigenvalue weighted by Crippen LogP contribution is -2.24. The van der Waals surface area contributed by atoms with Crippen molar-refractivity contribution in [1.82, 2.24) is 0 Å². The number of aliphatic hydroxyl groups is 2. The molecule has 0 aliphatic rings. The number of carbonyl (C=O) groups excluding carboxylic acids is 1. The fourth-order valence-electron chi connectivity index (χ4n) is 3.27. The number of ketones is 1. The zero-order valence-electron chi connectivity index (χ0n) is 16.9. The summed E-state index contributed by atoms with van der Waals surface area (Å²) in [7, 11) is 0. The first-order valence-corrected chi connectivity index (χ1v) is 9.91. The molecule has 0 aliphatic heterocycles. The third kappa shape index (κ3) is 7.84. The van der Waals surface area contributed by atoms with E-state index in [0.29, 0.717) is 19.3 Å². The molecule has 146 valence electrons. The molecule has 0 radical (unpaired) electrons. The molecule has 2 atom stereocenters. The second-order valence-electron chi connectivity index (χ2n) is 7.94. The third-order valence-electron chi connectivity index (χ3n) is 4.99. The summed E-state index contributed by atoms with van der Waals surface area (Å²) in [6.07, 6.45) is 8.09. The number of carbonyl (C=O) groups is 1. The Morgan fingerprint density at radius 3 is 2.50 bits per heavy atom. The molecule has 0 saturated heterocycles. The van der Waals surface area contributed by atoms with Gasteiger partial charge in [-0.25, -0.2) is 0 Å². The van der Waals surface area contributed by atoms with Crippen LogP contribution in [0, 0.1) is 0 Å². The predicted octanol–water partition coefficient (Wildman–Crippen LogP) is 5.04.